The number of nitrogens with zero attached hydrogens (tertiary/aromatic N) is 5. The normalized spacial score (nSPS) is 11.4. The second-order valence-corrected chi connectivity index (χ2v) is 6.74. The van der Waals surface area contributed by atoms with Crippen molar-refractivity contribution in [3.63, 3.8) is 0 Å². The van der Waals surface area contributed by atoms with Crippen LogP contribution in [0.1, 0.15) is 11.4 Å². The van der Waals surface area contributed by atoms with E-state index in [-0.39, 0.29) is 0 Å². The molecule has 4 rings (SSSR count). The second kappa shape index (κ2) is 8.61. The largest absolute Gasteiger partial charge is 0.573 e. The van der Waals surface area contributed by atoms with E-state index >= 15 is 0 Å². The lowest BCUT2D eigenvalue weighted by atomic mass is 10.1. The lowest BCUT2D eigenvalue weighted by molar-refractivity contribution is -0.274. The molecule has 0 amide bonds. The number of alkyl halides is 3. The van der Waals surface area contributed by atoms with E-state index in [1.54, 1.807) is 12.1 Å². The number of halogens is 3. The molecule has 3 heterocycles. The fourth-order valence-corrected chi connectivity index (χ4v) is 3.02. The molecule has 1 N–H and O–H groups in total. The molecular weight excluding hydrogens is 425 g/mol. The Morgan fingerprint density at radius 1 is 1.00 bits per heavy atom. The molecule has 0 aliphatic carbocycles. The Morgan fingerprint density at radius 3 is 2.50 bits per heavy atom. The van der Waals surface area contributed by atoms with Gasteiger partial charge in [0.1, 0.15) is 29.2 Å². The minimum Gasteiger partial charge on any atom is -0.494 e. The molecule has 0 atom stereocenters. The number of nitrogens with one attached hydrogen (secondary N) is 1. The third-order valence-corrected chi connectivity index (χ3v) is 4.48. The molecule has 0 aliphatic rings. The van der Waals surface area contributed by atoms with Crippen LogP contribution in [-0.2, 0) is 6.54 Å². The fraction of sp³-hybridized carbons (Fsp3) is 0.190. The van der Waals surface area contributed by atoms with Crippen LogP contribution in [0.5, 0.6) is 11.5 Å². The van der Waals surface area contributed by atoms with Gasteiger partial charge in [-0.15, -0.1) is 13.2 Å². The van der Waals surface area contributed by atoms with Gasteiger partial charge in [-0.25, -0.2) is 9.97 Å². The number of aromatic nitrogens is 5. The minimum absolute atomic E-state index is 0.383. The predicted molar refractivity (Wildman–Crippen MR) is 110 cm³/mol. The van der Waals surface area contributed by atoms with E-state index in [1.165, 1.54) is 25.6 Å². The number of methoxy groups -OCH3 is 1. The smallest absolute Gasteiger partial charge is 0.494 e. The van der Waals surface area contributed by atoms with E-state index in [9.17, 15) is 13.2 Å². The Kier molecular flexibility index (Phi) is 5.71. The third-order valence-electron chi connectivity index (χ3n) is 4.48. The Hall–Kier alpha value is -4.02. The first-order valence-corrected chi connectivity index (χ1v) is 9.40. The maximum Gasteiger partial charge on any atom is 0.573 e. The van der Waals surface area contributed by atoms with E-state index < -0.39 is 12.1 Å². The van der Waals surface area contributed by atoms with E-state index in [2.05, 4.69) is 35.2 Å². The van der Waals surface area contributed by atoms with Crippen LogP contribution in [0.3, 0.4) is 0 Å². The molecule has 0 unspecified atom stereocenters. The van der Waals surface area contributed by atoms with E-state index in [4.69, 9.17) is 4.74 Å². The topological polar surface area (TPSA) is 94.9 Å². The highest BCUT2D eigenvalue weighted by molar-refractivity contribution is 5.96. The van der Waals surface area contributed by atoms with Gasteiger partial charge in [-0.05, 0) is 43.3 Å². The molecule has 0 aliphatic heterocycles. The van der Waals surface area contributed by atoms with Gasteiger partial charge < -0.3 is 14.8 Å². The molecule has 0 saturated heterocycles. The van der Waals surface area contributed by atoms with E-state index in [0.717, 1.165) is 17.6 Å². The van der Waals surface area contributed by atoms with Gasteiger partial charge in [-0.3, -0.25) is 4.98 Å². The van der Waals surface area contributed by atoms with Crippen LogP contribution in [0.2, 0.25) is 0 Å². The molecule has 8 nitrogen and oxygen atoms in total. The van der Waals surface area contributed by atoms with Crippen molar-refractivity contribution in [3.8, 4) is 22.8 Å². The van der Waals surface area contributed by atoms with Gasteiger partial charge in [0, 0.05) is 10.9 Å². The van der Waals surface area contributed by atoms with Crippen LogP contribution in [0.4, 0.5) is 19.0 Å². The molecule has 0 radical (unpaired) electrons. The molecule has 1 aromatic carbocycles. The van der Waals surface area contributed by atoms with E-state index in [1.807, 2.05) is 19.1 Å². The zero-order chi connectivity index (χ0) is 22.7. The van der Waals surface area contributed by atoms with Crippen LogP contribution in [0, 0.1) is 6.92 Å². The molecule has 0 spiro atoms. The maximum atomic E-state index is 12.4. The summed E-state index contributed by atoms with van der Waals surface area (Å²) >= 11 is 0. The standard InChI is InChI=1S/C21H17F3N6O2/c1-12-3-4-14(30-29-12)9-26-20-16-7-13(8-18(31-2)19(16)27-11-28-20)17-6-5-15(10-25-17)32-21(22,23)24/h3-8,10-11H,9H2,1-2H3,(H,26,27,28). The molecule has 3 aromatic heterocycles. The lowest BCUT2D eigenvalue weighted by Crippen LogP contribution is -2.17. The van der Waals surface area contributed by atoms with Gasteiger partial charge in [0.15, 0.2) is 0 Å². The first-order chi connectivity index (χ1) is 15.3. The Balaban J connectivity index is 1.68. The number of ether oxygens (including phenoxy) is 2. The average molecular weight is 442 g/mol. The van der Waals surface area contributed by atoms with Crippen molar-refractivity contribution >= 4 is 16.7 Å². The summed E-state index contributed by atoms with van der Waals surface area (Å²) in [5.41, 5.74) is 3.16. The molecule has 164 valence electrons. The van der Waals surface area contributed by atoms with Gasteiger partial charge in [-0.1, -0.05) is 0 Å². The van der Waals surface area contributed by atoms with Crippen molar-refractivity contribution in [1.82, 2.24) is 25.1 Å². The summed E-state index contributed by atoms with van der Waals surface area (Å²) in [6.07, 6.45) is -2.36. The number of hydrogen-bond donors (Lipinski definition) is 1. The Morgan fingerprint density at radius 2 is 1.84 bits per heavy atom. The quantitative estimate of drug-likeness (QED) is 0.472. The number of hydrogen-bond acceptors (Lipinski definition) is 8. The van der Waals surface area contributed by atoms with Gasteiger partial charge in [0.05, 0.1) is 36.9 Å². The van der Waals surface area contributed by atoms with Gasteiger partial charge in [0.2, 0.25) is 0 Å². The van der Waals surface area contributed by atoms with Crippen LogP contribution in [0.15, 0.2) is 48.9 Å². The lowest BCUT2D eigenvalue weighted by Gasteiger charge is -2.13. The Bertz CT molecular complexity index is 1230. The van der Waals surface area contributed by atoms with Crippen LogP contribution >= 0.6 is 0 Å². The summed E-state index contributed by atoms with van der Waals surface area (Å²) in [6.45, 7) is 2.24. The first kappa shape index (κ1) is 21.2. The van der Waals surface area contributed by atoms with Gasteiger partial charge in [0.25, 0.3) is 0 Å². The highest BCUT2D eigenvalue weighted by Crippen LogP contribution is 2.34. The predicted octanol–water partition coefficient (Wildman–Crippen LogP) is 4.31. The zero-order valence-corrected chi connectivity index (χ0v) is 17.0. The number of aryl methyl sites for hydroxylation is 1. The van der Waals surface area contributed by atoms with Crippen molar-refractivity contribution in [3.05, 3.63) is 60.3 Å². The first-order valence-electron chi connectivity index (χ1n) is 9.40. The van der Waals surface area contributed by atoms with Crippen LogP contribution in [-0.4, -0.2) is 38.6 Å². The highest BCUT2D eigenvalue weighted by Gasteiger charge is 2.31. The van der Waals surface area contributed by atoms with E-state index in [0.29, 0.717) is 40.3 Å². The average Bonchev–Trinajstić information content (AvgIpc) is 2.77. The monoisotopic (exact) mass is 442 g/mol. The number of rotatable bonds is 6. The SMILES string of the molecule is COc1cc(-c2ccc(OC(F)(F)F)cn2)cc2c(NCc3ccc(C)nn3)ncnc12. The molecule has 0 saturated carbocycles. The summed E-state index contributed by atoms with van der Waals surface area (Å²) in [4.78, 5) is 12.7. The molecule has 0 fully saturated rings. The molecule has 4 aromatic rings. The van der Waals surface area contributed by atoms with Crippen LogP contribution < -0.4 is 14.8 Å². The number of benzene rings is 1. The molecular formula is C21H17F3N6O2. The van der Waals surface area contributed by atoms with Gasteiger partial charge >= 0.3 is 6.36 Å². The minimum atomic E-state index is -4.78. The summed E-state index contributed by atoms with van der Waals surface area (Å²) in [5.74, 6) is 0.601. The third kappa shape index (κ3) is 4.82. The Labute approximate surface area is 180 Å². The summed E-state index contributed by atoms with van der Waals surface area (Å²) in [7, 11) is 1.50. The number of anilines is 1. The number of fused-ring (bicyclic) bond motifs is 1. The maximum absolute atomic E-state index is 12.4. The van der Waals surface area contributed by atoms with Crippen molar-refractivity contribution in [2.45, 2.75) is 19.8 Å². The van der Waals surface area contributed by atoms with Crippen molar-refractivity contribution in [1.29, 1.82) is 0 Å². The summed E-state index contributed by atoms with van der Waals surface area (Å²) < 4.78 is 46.6. The van der Waals surface area contributed by atoms with Crippen LogP contribution in [0.25, 0.3) is 22.2 Å². The highest BCUT2D eigenvalue weighted by atomic mass is 19.4. The molecule has 0 bridgehead atoms. The second-order valence-electron chi connectivity index (χ2n) is 6.74. The zero-order valence-electron chi connectivity index (χ0n) is 17.0. The van der Waals surface area contributed by atoms with Crippen molar-refractivity contribution in [2.24, 2.45) is 0 Å². The van der Waals surface area contributed by atoms with Crippen molar-refractivity contribution in [2.75, 3.05) is 12.4 Å². The molecule has 32 heavy (non-hydrogen) atoms. The molecule has 11 heteroatoms. The van der Waals surface area contributed by atoms with Gasteiger partial charge in [-0.2, -0.15) is 10.2 Å². The number of pyridine rings is 1. The fourth-order valence-electron chi connectivity index (χ4n) is 3.02. The summed E-state index contributed by atoms with van der Waals surface area (Å²) in [6, 6.07) is 9.84. The van der Waals surface area contributed by atoms with Crippen molar-refractivity contribution < 1.29 is 22.6 Å². The summed E-state index contributed by atoms with van der Waals surface area (Å²) in [5, 5.41) is 12.0.